The number of rotatable bonds is 5. The third-order valence-electron chi connectivity index (χ3n) is 3.95. The molecular weight excluding hydrogens is 354 g/mol. The highest BCUT2D eigenvalue weighted by molar-refractivity contribution is 6.05. The standard InChI is InChI=1S/C18H17N3O6/c22-17(13-3-5-14(6-4-13)21(24)25)19-16(12-15-2-1-9-27-15)18(23)20-7-10-26-11-8-20/h1-6,9,12H,7-8,10-11H2,(H,19,22). The van der Waals surface area contributed by atoms with Gasteiger partial charge in [0.15, 0.2) is 0 Å². The largest absolute Gasteiger partial charge is 0.465 e. The molecule has 27 heavy (non-hydrogen) atoms. The molecule has 1 N–H and O–H groups in total. The fourth-order valence-electron chi connectivity index (χ4n) is 2.53. The molecule has 2 amide bonds. The Morgan fingerprint density at radius 3 is 2.44 bits per heavy atom. The lowest BCUT2D eigenvalue weighted by molar-refractivity contribution is -0.384. The van der Waals surface area contributed by atoms with E-state index in [1.54, 1.807) is 17.0 Å². The number of nitrogens with one attached hydrogen (secondary N) is 1. The molecule has 0 radical (unpaired) electrons. The SMILES string of the molecule is O=C(NC(=Cc1ccco1)C(=O)N1CCOCC1)c1ccc([N+](=O)[O-])cc1. The van der Waals surface area contributed by atoms with E-state index in [-0.39, 0.29) is 22.9 Å². The second-order valence-electron chi connectivity index (χ2n) is 5.74. The minimum absolute atomic E-state index is 0.0511. The number of benzene rings is 1. The summed E-state index contributed by atoms with van der Waals surface area (Å²) in [6, 6.07) is 8.45. The number of nitro groups is 1. The van der Waals surface area contributed by atoms with Gasteiger partial charge in [0.1, 0.15) is 11.5 Å². The summed E-state index contributed by atoms with van der Waals surface area (Å²) < 4.78 is 10.5. The molecule has 1 aliphatic rings. The highest BCUT2D eigenvalue weighted by atomic mass is 16.6. The molecule has 2 heterocycles. The van der Waals surface area contributed by atoms with Crippen LogP contribution in [0.3, 0.4) is 0 Å². The van der Waals surface area contributed by atoms with Crippen molar-refractivity contribution in [3.63, 3.8) is 0 Å². The van der Waals surface area contributed by atoms with E-state index in [1.165, 1.54) is 36.6 Å². The van der Waals surface area contributed by atoms with Gasteiger partial charge in [0, 0.05) is 36.9 Å². The Morgan fingerprint density at radius 2 is 1.85 bits per heavy atom. The van der Waals surface area contributed by atoms with Crippen molar-refractivity contribution >= 4 is 23.6 Å². The van der Waals surface area contributed by atoms with Crippen LogP contribution in [0.15, 0.2) is 52.8 Å². The first-order chi connectivity index (χ1) is 13.0. The third kappa shape index (κ3) is 4.59. The fourth-order valence-corrected chi connectivity index (χ4v) is 2.53. The maximum atomic E-state index is 12.8. The minimum atomic E-state index is -0.552. The third-order valence-corrected chi connectivity index (χ3v) is 3.95. The number of hydrogen-bond acceptors (Lipinski definition) is 6. The lowest BCUT2D eigenvalue weighted by Gasteiger charge is -2.27. The summed E-state index contributed by atoms with van der Waals surface area (Å²) in [5, 5.41) is 13.3. The van der Waals surface area contributed by atoms with Gasteiger partial charge in [-0.1, -0.05) is 0 Å². The molecule has 0 saturated carbocycles. The van der Waals surface area contributed by atoms with Crippen molar-refractivity contribution in [1.82, 2.24) is 10.2 Å². The van der Waals surface area contributed by atoms with Gasteiger partial charge in [0.05, 0.1) is 24.4 Å². The Hall–Kier alpha value is -3.46. The Kier molecular flexibility index (Phi) is 5.62. The first kappa shape index (κ1) is 18.3. The second kappa shape index (κ2) is 8.28. The van der Waals surface area contributed by atoms with E-state index >= 15 is 0 Å². The summed E-state index contributed by atoms with van der Waals surface area (Å²) in [5.74, 6) is -0.495. The first-order valence-corrected chi connectivity index (χ1v) is 8.22. The summed E-state index contributed by atoms with van der Waals surface area (Å²) in [5.41, 5.74) is 0.123. The number of non-ortho nitro benzene ring substituents is 1. The van der Waals surface area contributed by atoms with Crippen molar-refractivity contribution < 1.29 is 23.7 Å². The van der Waals surface area contributed by atoms with Crippen molar-refractivity contribution in [2.45, 2.75) is 0 Å². The molecule has 140 valence electrons. The molecule has 2 aromatic rings. The lowest BCUT2D eigenvalue weighted by Crippen LogP contribution is -2.44. The van der Waals surface area contributed by atoms with Gasteiger partial charge in [0.2, 0.25) is 0 Å². The Morgan fingerprint density at radius 1 is 1.15 bits per heavy atom. The molecule has 9 heteroatoms. The predicted octanol–water partition coefficient (Wildman–Crippen LogP) is 1.82. The predicted molar refractivity (Wildman–Crippen MR) is 94.6 cm³/mol. The van der Waals surface area contributed by atoms with Crippen LogP contribution in [0.1, 0.15) is 16.1 Å². The van der Waals surface area contributed by atoms with Gasteiger partial charge >= 0.3 is 0 Å². The molecule has 9 nitrogen and oxygen atoms in total. The van der Waals surface area contributed by atoms with E-state index in [1.807, 2.05) is 0 Å². The molecule has 3 rings (SSSR count). The number of furan rings is 1. The zero-order valence-corrected chi connectivity index (χ0v) is 14.3. The summed E-state index contributed by atoms with van der Waals surface area (Å²) in [7, 11) is 0. The molecule has 1 aromatic heterocycles. The number of hydrogen-bond donors (Lipinski definition) is 1. The van der Waals surface area contributed by atoms with E-state index in [2.05, 4.69) is 5.32 Å². The summed E-state index contributed by atoms with van der Waals surface area (Å²) in [4.78, 5) is 37.1. The molecule has 0 spiro atoms. The molecule has 0 unspecified atom stereocenters. The van der Waals surface area contributed by atoms with Crippen LogP contribution in [-0.2, 0) is 9.53 Å². The van der Waals surface area contributed by atoms with E-state index < -0.39 is 10.8 Å². The number of carbonyl (C=O) groups is 2. The van der Waals surface area contributed by atoms with Crippen LogP contribution in [0.25, 0.3) is 6.08 Å². The normalized spacial score (nSPS) is 14.7. The molecule has 0 bridgehead atoms. The second-order valence-corrected chi connectivity index (χ2v) is 5.74. The minimum Gasteiger partial charge on any atom is -0.465 e. The van der Waals surface area contributed by atoms with Gasteiger partial charge < -0.3 is 19.4 Å². The number of amides is 2. The Balaban J connectivity index is 1.81. The topological polar surface area (TPSA) is 115 Å². The number of carbonyl (C=O) groups excluding carboxylic acids is 2. The fraction of sp³-hybridized carbons (Fsp3) is 0.222. The Bertz CT molecular complexity index is 852. The number of morpholine rings is 1. The van der Waals surface area contributed by atoms with Gasteiger partial charge in [-0.3, -0.25) is 19.7 Å². The van der Waals surface area contributed by atoms with Gasteiger partial charge in [-0.15, -0.1) is 0 Å². The Labute approximate surface area is 154 Å². The van der Waals surface area contributed by atoms with Crippen molar-refractivity contribution in [3.05, 3.63) is 69.8 Å². The summed E-state index contributed by atoms with van der Waals surface area (Å²) in [6.07, 6.45) is 2.90. The summed E-state index contributed by atoms with van der Waals surface area (Å²) >= 11 is 0. The first-order valence-electron chi connectivity index (χ1n) is 8.22. The highest BCUT2D eigenvalue weighted by Crippen LogP contribution is 2.14. The van der Waals surface area contributed by atoms with Crippen molar-refractivity contribution in [3.8, 4) is 0 Å². The van der Waals surface area contributed by atoms with Crippen molar-refractivity contribution in [2.24, 2.45) is 0 Å². The number of nitrogens with zero attached hydrogens (tertiary/aromatic N) is 2. The molecule has 0 aliphatic carbocycles. The van der Waals surface area contributed by atoms with Crippen LogP contribution < -0.4 is 5.32 Å². The highest BCUT2D eigenvalue weighted by Gasteiger charge is 2.23. The smallest absolute Gasteiger partial charge is 0.270 e. The molecular formula is C18H17N3O6. The van der Waals surface area contributed by atoms with Crippen LogP contribution in [-0.4, -0.2) is 47.9 Å². The zero-order valence-electron chi connectivity index (χ0n) is 14.3. The van der Waals surface area contributed by atoms with Gasteiger partial charge in [0.25, 0.3) is 17.5 Å². The van der Waals surface area contributed by atoms with Gasteiger partial charge in [-0.05, 0) is 24.3 Å². The number of nitro benzene ring substituents is 1. The molecule has 1 aliphatic heterocycles. The van der Waals surface area contributed by atoms with E-state index in [4.69, 9.17) is 9.15 Å². The molecule has 1 fully saturated rings. The van der Waals surface area contributed by atoms with E-state index in [0.29, 0.717) is 32.1 Å². The van der Waals surface area contributed by atoms with Gasteiger partial charge in [-0.2, -0.15) is 0 Å². The van der Waals surface area contributed by atoms with Crippen LogP contribution in [0, 0.1) is 10.1 Å². The van der Waals surface area contributed by atoms with Crippen molar-refractivity contribution in [1.29, 1.82) is 0 Å². The van der Waals surface area contributed by atoms with E-state index in [9.17, 15) is 19.7 Å². The van der Waals surface area contributed by atoms with Gasteiger partial charge in [-0.25, -0.2) is 0 Å². The zero-order chi connectivity index (χ0) is 19.2. The van der Waals surface area contributed by atoms with E-state index in [0.717, 1.165) is 0 Å². The summed E-state index contributed by atoms with van der Waals surface area (Å²) in [6.45, 7) is 1.69. The van der Waals surface area contributed by atoms with Crippen LogP contribution in [0.2, 0.25) is 0 Å². The molecule has 1 saturated heterocycles. The van der Waals surface area contributed by atoms with Crippen molar-refractivity contribution in [2.75, 3.05) is 26.3 Å². The quantitative estimate of drug-likeness (QED) is 0.487. The van der Waals surface area contributed by atoms with Crippen LogP contribution >= 0.6 is 0 Å². The maximum absolute atomic E-state index is 12.8. The molecule has 1 aromatic carbocycles. The average molecular weight is 371 g/mol. The number of ether oxygens (including phenoxy) is 1. The van der Waals surface area contributed by atoms with Crippen LogP contribution in [0.5, 0.6) is 0 Å². The van der Waals surface area contributed by atoms with Crippen LogP contribution in [0.4, 0.5) is 5.69 Å². The monoisotopic (exact) mass is 371 g/mol. The maximum Gasteiger partial charge on any atom is 0.270 e. The molecule has 0 atom stereocenters. The lowest BCUT2D eigenvalue weighted by atomic mass is 10.2. The average Bonchev–Trinajstić information content (AvgIpc) is 3.20.